The van der Waals surface area contributed by atoms with E-state index in [1.54, 1.807) is 0 Å². The van der Waals surface area contributed by atoms with Gasteiger partial charge in [0, 0.05) is 17.9 Å². The molecule has 126 valence electrons. The van der Waals surface area contributed by atoms with E-state index in [1.165, 1.54) is 0 Å². The Kier molecular flexibility index (Phi) is 4.67. The quantitative estimate of drug-likeness (QED) is 0.830. The Morgan fingerprint density at radius 3 is 2.88 bits per heavy atom. The molecule has 1 aliphatic rings. The highest BCUT2D eigenvalue weighted by Gasteiger charge is 2.21. The number of benzene rings is 2. The van der Waals surface area contributed by atoms with Gasteiger partial charge in [-0.1, -0.05) is 23.7 Å². The van der Waals surface area contributed by atoms with Crippen molar-refractivity contribution >= 4 is 34.6 Å². The standard InChI is InChI=1S/C19H22ClN3O/c1-12-9-13(2)19(15(20)10-12)22-18(24)11-23-8-4-5-14-16(21)6-3-7-17(14)23/h3,6-7,9-10H,4-5,8,11,21H2,1-2H3,(H,22,24). The average molecular weight is 344 g/mol. The van der Waals surface area contributed by atoms with Crippen LogP contribution in [0.5, 0.6) is 0 Å². The summed E-state index contributed by atoms with van der Waals surface area (Å²) >= 11 is 6.28. The Bertz CT molecular complexity index is 765. The lowest BCUT2D eigenvalue weighted by molar-refractivity contribution is -0.115. The number of anilines is 3. The fourth-order valence-corrected chi connectivity index (χ4v) is 3.69. The number of fused-ring (bicyclic) bond motifs is 1. The first-order chi connectivity index (χ1) is 11.5. The molecule has 0 aliphatic carbocycles. The molecule has 0 saturated carbocycles. The molecule has 0 fully saturated rings. The van der Waals surface area contributed by atoms with Gasteiger partial charge >= 0.3 is 0 Å². The molecule has 3 rings (SSSR count). The molecule has 2 aromatic carbocycles. The van der Waals surface area contributed by atoms with Gasteiger partial charge in [-0.25, -0.2) is 0 Å². The van der Waals surface area contributed by atoms with E-state index in [9.17, 15) is 4.79 Å². The van der Waals surface area contributed by atoms with Gasteiger partial charge in [-0.2, -0.15) is 0 Å². The van der Waals surface area contributed by atoms with Crippen LogP contribution in [0, 0.1) is 13.8 Å². The van der Waals surface area contributed by atoms with Crippen LogP contribution in [0.4, 0.5) is 17.1 Å². The van der Waals surface area contributed by atoms with E-state index >= 15 is 0 Å². The van der Waals surface area contributed by atoms with Crippen molar-refractivity contribution in [3.63, 3.8) is 0 Å². The Balaban J connectivity index is 1.77. The average Bonchev–Trinajstić information content (AvgIpc) is 2.52. The largest absolute Gasteiger partial charge is 0.398 e. The number of hydrogen-bond acceptors (Lipinski definition) is 3. The lowest BCUT2D eigenvalue weighted by Crippen LogP contribution is -2.37. The maximum atomic E-state index is 12.5. The van der Waals surface area contributed by atoms with Crippen LogP contribution in [-0.2, 0) is 11.2 Å². The zero-order valence-electron chi connectivity index (χ0n) is 14.0. The van der Waals surface area contributed by atoms with Crippen LogP contribution in [0.2, 0.25) is 5.02 Å². The first kappa shape index (κ1) is 16.7. The second-order valence-corrected chi connectivity index (χ2v) is 6.76. The second-order valence-electron chi connectivity index (χ2n) is 6.36. The molecule has 0 bridgehead atoms. The molecule has 0 saturated heterocycles. The summed E-state index contributed by atoms with van der Waals surface area (Å²) in [6, 6.07) is 9.75. The van der Waals surface area contributed by atoms with Crippen LogP contribution in [0.1, 0.15) is 23.1 Å². The molecule has 2 aromatic rings. The van der Waals surface area contributed by atoms with Gasteiger partial charge in [0.25, 0.3) is 0 Å². The number of nitrogens with one attached hydrogen (secondary N) is 1. The van der Waals surface area contributed by atoms with Gasteiger partial charge in [0.05, 0.1) is 17.3 Å². The molecule has 0 spiro atoms. The predicted octanol–water partition coefficient (Wildman–Crippen LogP) is 3.93. The van der Waals surface area contributed by atoms with Crippen LogP contribution >= 0.6 is 11.6 Å². The van der Waals surface area contributed by atoms with E-state index in [4.69, 9.17) is 17.3 Å². The minimum atomic E-state index is -0.0703. The summed E-state index contributed by atoms with van der Waals surface area (Å²) in [4.78, 5) is 14.6. The van der Waals surface area contributed by atoms with E-state index in [2.05, 4.69) is 10.2 Å². The Labute approximate surface area is 147 Å². The number of hydrogen-bond donors (Lipinski definition) is 2. The van der Waals surface area contributed by atoms with Crippen LogP contribution in [-0.4, -0.2) is 19.0 Å². The molecule has 1 heterocycles. The third-order valence-corrected chi connectivity index (χ3v) is 4.71. The molecule has 1 aliphatic heterocycles. The van der Waals surface area contributed by atoms with Gasteiger partial charge in [-0.3, -0.25) is 4.79 Å². The number of halogens is 1. The molecule has 0 atom stereocenters. The number of rotatable bonds is 3. The van der Waals surface area contributed by atoms with E-state index in [0.717, 1.165) is 47.5 Å². The van der Waals surface area contributed by atoms with E-state index in [0.29, 0.717) is 17.3 Å². The minimum Gasteiger partial charge on any atom is -0.398 e. The van der Waals surface area contributed by atoms with Crippen molar-refractivity contribution in [2.24, 2.45) is 0 Å². The van der Waals surface area contributed by atoms with Gasteiger partial charge in [-0.15, -0.1) is 0 Å². The number of aryl methyl sites for hydroxylation is 2. The van der Waals surface area contributed by atoms with Gasteiger partial charge in [0.1, 0.15) is 0 Å². The van der Waals surface area contributed by atoms with Crippen molar-refractivity contribution in [1.82, 2.24) is 0 Å². The molecule has 5 heteroatoms. The third kappa shape index (κ3) is 3.34. The summed E-state index contributed by atoms with van der Waals surface area (Å²) in [6.07, 6.45) is 1.96. The zero-order valence-corrected chi connectivity index (χ0v) is 14.8. The monoisotopic (exact) mass is 343 g/mol. The van der Waals surface area contributed by atoms with Gasteiger partial charge in [-0.05, 0) is 61.6 Å². The van der Waals surface area contributed by atoms with E-state index in [1.807, 2.05) is 44.2 Å². The number of nitrogens with zero attached hydrogens (tertiary/aromatic N) is 1. The highest BCUT2D eigenvalue weighted by atomic mass is 35.5. The second kappa shape index (κ2) is 6.73. The van der Waals surface area contributed by atoms with Crippen molar-refractivity contribution in [1.29, 1.82) is 0 Å². The first-order valence-corrected chi connectivity index (χ1v) is 8.52. The van der Waals surface area contributed by atoms with Crippen molar-refractivity contribution < 1.29 is 4.79 Å². The predicted molar refractivity (Wildman–Crippen MR) is 101 cm³/mol. The fraction of sp³-hybridized carbons (Fsp3) is 0.316. The molecule has 0 aromatic heterocycles. The minimum absolute atomic E-state index is 0.0703. The summed E-state index contributed by atoms with van der Waals surface area (Å²) in [5, 5.41) is 3.53. The van der Waals surface area contributed by atoms with E-state index in [-0.39, 0.29) is 5.91 Å². The van der Waals surface area contributed by atoms with E-state index < -0.39 is 0 Å². The molecule has 4 nitrogen and oxygen atoms in total. The highest BCUT2D eigenvalue weighted by molar-refractivity contribution is 6.34. The van der Waals surface area contributed by atoms with Crippen molar-refractivity contribution in [2.45, 2.75) is 26.7 Å². The Morgan fingerprint density at radius 1 is 1.33 bits per heavy atom. The number of nitrogens with two attached hydrogens (primary N) is 1. The third-order valence-electron chi connectivity index (χ3n) is 4.41. The Morgan fingerprint density at radius 2 is 2.12 bits per heavy atom. The maximum absolute atomic E-state index is 12.5. The number of nitrogen functional groups attached to an aromatic ring is 1. The summed E-state index contributed by atoms with van der Waals surface area (Å²) < 4.78 is 0. The molecular weight excluding hydrogens is 322 g/mol. The lowest BCUT2D eigenvalue weighted by atomic mass is 10.00. The fourth-order valence-electron chi connectivity index (χ4n) is 3.32. The summed E-state index contributed by atoms with van der Waals surface area (Å²) in [7, 11) is 0. The molecule has 24 heavy (non-hydrogen) atoms. The summed E-state index contributed by atoms with van der Waals surface area (Å²) in [5.41, 5.74) is 11.8. The van der Waals surface area contributed by atoms with Crippen LogP contribution in [0.25, 0.3) is 0 Å². The topological polar surface area (TPSA) is 58.4 Å². The first-order valence-electron chi connectivity index (χ1n) is 8.14. The highest BCUT2D eigenvalue weighted by Crippen LogP contribution is 2.31. The summed E-state index contributed by atoms with van der Waals surface area (Å²) in [6.45, 7) is 5.08. The lowest BCUT2D eigenvalue weighted by Gasteiger charge is -2.31. The number of carbonyl (C=O) groups is 1. The normalized spacial score (nSPS) is 13.5. The van der Waals surface area contributed by atoms with Crippen LogP contribution in [0.15, 0.2) is 30.3 Å². The zero-order chi connectivity index (χ0) is 17.3. The number of carbonyl (C=O) groups excluding carboxylic acids is 1. The van der Waals surface area contributed by atoms with Crippen molar-refractivity contribution in [3.8, 4) is 0 Å². The SMILES string of the molecule is Cc1cc(C)c(NC(=O)CN2CCCc3c(N)cccc32)c(Cl)c1. The van der Waals surface area contributed by atoms with Crippen LogP contribution < -0.4 is 16.0 Å². The van der Waals surface area contributed by atoms with Crippen molar-refractivity contribution in [3.05, 3.63) is 52.0 Å². The number of amides is 1. The van der Waals surface area contributed by atoms with Crippen LogP contribution in [0.3, 0.4) is 0 Å². The maximum Gasteiger partial charge on any atom is 0.243 e. The van der Waals surface area contributed by atoms with Crippen molar-refractivity contribution in [2.75, 3.05) is 29.0 Å². The smallest absolute Gasteiger partial charge is 0.243 e. The summed E-state index contributed by atoms with van der Waals surface area (Å²) in [5.74, 6) is -0.0703. The molecule has 0 unspecified atom stereocenters. The van der Waals surface area contributed by atoms with Gasteiger partial charge in [0.2, 0.25) is 5.91 Å². The van der Waals surface area contributed by atoms with Gasteiger partial charge in [0.15, 0.2) is 0 Å². The van der Waals surface area contributed by atoms with Gasteiger partial charge < -0.3 is 16.0 Å². The molecule has 1 amide bonds. The molecular formula is C19H22ClN3O. The molecule has 3 N–H and O–H groups in total. The molecule has 0 radical (unpaired) electrons. The Hall–Kier alpha value is -2.20.